The first-order valence-corrected chi connectivity index (χ1v) is 18.4. The maximum Gasteiger partial charge on any atom is 0.536 e. The molecule has 3 amide bonds. The third kappa shape index (κ3) is 12.6. The van der Waals surface area contributed by atoms with Crippen LogP contribution in [0.25, 0.3) is 0 Å². The molecule has 0 saturated heterocycles. The van der Waals surface area contributed by atoms with Gasteiger partial charge in [0.2, 0.25) is 0 Å². The minimum atomic E-state index is -4.96. The summed E-state index contributed by atoms with van der Waals surface area (Å²) >= 11 is 0. The van der Waals surface area contributed by atoms with Crippen molar-refractivity contribution in [1.29, 1.82) is 0 Å². The third-order valence-corrected chi connectivity index (χ3v) is 11.2. The summed E-state index contributed by atoms with van der Waals surface area (Å²) in [4.78, 5) is 41.9. The van der Waals surface area contributed by atoms with Gasteiger partial charge in [0, 0.05) is 21.3 Å². The zero-order chi connectivity index (χ0) is 33.4. The third-order valence-electron chi connectivity index (χ3n) is 8.01. The molecule has 0 N–H and O–H groups in total. The molecular weight excluding hydrogens is 595 g/mol. The summed E-state index contributed by atoms with van der Waals surface area (Å²) in [5.41, 5.74) is 0. The van der Waals surface area contributed by atoms with Crippen LogP contribution in [0.15, 0.2) is 0 Å². The molecule has 0 rings (SSSR count). The highest BCUT2D eigenvalue weighted by Gasteiger charge is 2.78. The Morgan fingerprint density at radius 3 is 0.932 bits per heavy atom. The van der Waals surface area contributed by atoms with Crippen molar-refractivity contribution in [3.05, 3.63) is 0 Å². The zero-order valence-corrected chi connectivity index (χ0v) is 29.3. The second kappa shape index (κ2) is 24.5. The van der Waals surface area contributed by atoms with E-state index in [9.17, 15) is 14.4 Å². The van der Waals surface area contributed by atoms with Gasteiger partial charge in [-0.25, -0.2) is 0 Å². The number of hydrogen-bond acceptors (Lipinski definition) is 6. The number of nitrogens with zero attached hydrogens (tertiary/aromatic N) is 3. The molecule has 0 aliphatic rings. The van der Waals surface area contributed by atoms with Crippen molar-refractivity contribution < 1.29 is 41.1 Å². The number of amides is 3. The fraction of sp³-hybridized carbons (Fsp3) is 0.903. The molecule has 0 unspecified atom stereocenters. The van der Waals surface area contributed by atoms with E-state index in [1.165, 1.54) is 0 Å². The van der Waals surface area contributed by atoms with E-state index in [1.807, 2.05) is 0 Å². The molecule has 0 radical (unpaired) electrons. The lowest BCUT2D eigenvalue weighted by Crippen LogP contribution is -2.70. The van der Waals surface area contributed by atoms with Crippen molar-refractivity contribution in [1.82, 2.24) is 15.4 Å². The molecule has 0 saturated carbocycles. The second-order valence-corrected chi connectivity index (χ2v) is 14.5. The molecule has 0 fully saturated rings. The Kier molecular flexibility index (Phi) is 23.6. The van der Waals surface area contributed by atoms with Gasteiger partial charge in [-0.15, -0.1) is 0 Å². The van der Waals surface area contributed by atoms with Gasteiger partial charge in [0.05, 0.1) is 19.6 Å². The molecule has 44 heavy (non-hydrogen) atoms. The Morgan fingerprint density at radius 2 is 0.705 bits per heavy atom. The van der Waals surface area contributed by atoms with Crippen LogP contribution in [0.2, 0.25) is 5.04 Å². The van der Waals surface area contributed by atoms with E-state index in [0.29, 0.717) is 19.3 Å². The predicted octanol–water partition coefficient (Wildman–Crippen LogP) is 7.83. The molecular formula is C31H60F3N3O6Si. The highest BCUT2D eigenvalue weighted by atomic mass is 28.4. The second-order valence-electron chi connectivity index (χ2n) is 11.4. The first-order valence-electron chi connectivity index (χ1n) is 16.7. The van der Waals surface area contributed by atoms with Crippen LogP contribution in [0.1, 0.15) is 136 Å². The minimum Gasteiger partial charge on any atom is -0.376 e. The van der Waals surface area contributed by atoms with Gasteiger partial charge in [-0.1, -0.05) is 131 Å². The largest absolute Gasteiger partial charge is 0.536 e. The number of carbonyl (C=O) groups is 3. The highest BCUT2D eigenvalue weighted by molar-refractivity contribution is 6.79. The fourth-order valence-corrected chi connectivity index (χ4v) is 7.89. The van der Waals surface area contributed by atoms with Crippen molar-refractivity contribution in [2.24, 2.45) is 0 Å². The SMILES string of the molecule is CCCCCCCCN(F)C(=O)C(C(=O)N(F)CCCCCCCC)(C(=O)N(F)CCCCCCCC)[Si](OC)(OC)OC. The van der Waals surface area contributed by atoms with Crippen LogP contribution >= 0.6 is 0 Å². The molecule has 260 valence electrons. The molecule has 0 aromatic carbocycles. The van der Waals surface area contributed by atoms with Crippen LogP contribution in [0, 0.1) is 0 Å². The van der Waals surface area contributed by atoms with Gasteiger partial charge >= 0.3 is 8.80 Å². The predicted molar refractivity (Wildman–Crippen MR) is 168 cm³/mol. The number of unbranched alkanes of at least 4 members (excludes halogenated alkanes) is 15. The van der Waals surface area contributed by atoms with Crippen LogP contribution < -0.4 is 0 Å². The molecule has 13 heteroatoms. The lowest BCUT2D eigenvalue weighted by Gasteiger charge is -2.41. The van der Waals surface area contributed by atoms with Gasteiger partial charge in [0.25, 0.3) is 22.8 Å². The summed E-state index contributed by atoms with van der Waals surface area (Å²) in [6.07, 6.45) is 13.8. The van der Waals surface area contributed by atoms with E-state index >= 15 is 13.4 Å². The first-order chi connectivity index (χ1) is 21.1. The lowest BCUT2D eigenvalue weighted by atomic mass is 10.0. The average molecular weight is 656 g/mol. The van der Waals surface area contributed by atoms with Crippen LogP contribution in [0.3, 0.4) is 0 Å². The Morgan fingerprint density at radius 1 is 0.477 bits per heavy atom. The van der Waals surface area contributed by atoms with E-state index in [2.05, 4.69) is 20.8 Å². The molecule has 0 aliphatic heterocycles. The molecule has 0 bridgehead atoms. The Balaban J connectivity index is 6.41. The molecule has 0 atom stereocenters. The van der Waals surface area contributed by atoms with Gasteiger partial charge in [-0.3, -0.25) is 14.4 Å². The summed E-state index contributed by atoms with van der Waals surface area (Å²) < 4.78 is 63.1. The monoisotopic (exact) mass is 655 g/mol. The van der Waals surface area contributed by atoms with Gasteiger partial charge in [0.15, 0.2) is 0 Å². The summed E-state index contributed by atoms with van der Waals surface area (Å²) in [6, 6.07) is 0. The molecule has 9 nitrogen and oxygen atoms in total. The summed E-state index contributed by atoms with van der Waals surface area (Å²) in [5.74, 6) is -5.27. The van der Waals surface area contributed by atoms with E-state index < -0.39 is 51.2 Å². The van der Waals surface area contributed by atoms with Gasteiger partial charge in [-0.2, -0.15) is 15.4 Å². The summed E-state index contributed by atoms with van der Waals surface area (Å²) in [5, 5.41) is -4.35. The van der Waals surface area contributed by atoms with Crippen LogP contribution in [-0.2, 0) is 27.7 Å². The topological polar surface area (TPSA) is 88.6 Å². The Bertz CT molecular complexity index is 703. The van der Waals surface area contributed by atoms with Crippen LogP contribution in [0.4, 0.5) is 13.4 Å². The number of carbonyl (C=O) groups excluding carboxylic acids is 3. The zero-order valence-electron chi connectivity index (χ0n) is 28.3. The fourth-order valence-electron chi connectivity index (χ4n) is 5.32. The van der Waals surface area contributed by atoms with E-state index in [0.717, 1.165) is 98.4 Å². The van der Waals surface area contributed by atoms with Gasteiger partial charge in [0.1, 0.15) is 0 Å². The van der Waals surface area contributed by atoms with Gasteiger partial charge < -0.3 is 13.3 Å². The van der Waals surface area contributed by atoms with Crippen molar-refractivity contribution >= 4 is 26.5 Å². The van der Waals surface area contributed by atoms with E-state index in [-0.39, 0.29) is 34.6 Å². The first kappa shape index (κ1) is 42.3. The molecule has 0 heterocycles. The maximum absolute atomic E-state index is 15.7. The highest BCUT2D eigenvalue weighted by Crippen LogP contribution is 2.46. The smallest absolute Gasteiger partial charge is 0.376 e. The molecule has 0 aromatic heterocycles. The molecule has 0 aliphatic carbocycles. The number of halogens is 3. The van der Waals surface area contributed by atoms with Crippen LogP contribution in [-0.4, -0.2) is 82.9 Å². The normalized spacial score (nSPS) is 11.9. The Labute approximate surface area is 265 Å². The van der Waals surface area contributed by atoms with Crippen molar-refractivity contribution in [2.75, 3.05) is 41.0 Å². The number of hydrogen-bond donors (Lipinski definition) is 0. The lowest BCUT2D eigenvalue weighted by molar-refractivity contribution is -0.177. The van der Waals surface area contributed by atoms with E-state index in [4.69, 9.17) is 13.3 Å². The van der Waals surface area contributed by atoms with Crippen molar-refractivity contribution in [3.8, 4) is 0 Å². The summed E-state index contributed by atoms with van der Waals surface area (Å²) in [7, 11) is -1.95. The molecule has 0 aromatic rings. The van der Waals surface area contributed by atoms with Crippen molar-refractivity contribution in [2.45, 2.75) is 141 Å². The average Bonchev–Trinajstić information content (AvgIpc) is 3.03. The van der Waals surface area contributed by atoms with Crippen molar-refractivity contribution in [3.63, 3.8) is 0 Å². The Hall–Kier alpha value is -1.70. The van der Waals surface area contributed by atoms with E-state index in [1.54, 1.807) is 0 Å². The quantitative estimate of drug-likeness (QED) is 0.0370. The van der Waals surface area contributed by atoms with Gasteiger partial charge in [-0.05, 0) is 19.3 Å². The summed E-state index contributed by atoms with van der Waals surface area (Å²) in [6.45, 7) is 4.74. The minimum absolute atomic E-state index is 0.222. The number of rotatable bonds is 28. The molecule has 0 spiro atoms. The standard InChI is InChI=1S/C31H60F3N3O6Si/c1-7-10-13-16-19-22-25-35(32)28(38)31(44(41-4,42-5)43-6,29(39)36(33)26-23-20-17-14-11-8-2)30(40)37(34)27-24-21-18-15-12-9-3/h7-27H2,1-6H3. The maximum atomic E-state index is 15.7. The van der Waals surface area contributed by atoms with Crippen LogP contribution in [0.5, 0.6) is 0 Å².